The predicted molar refractivity (Wildman–Crippen MR) is 72.0 cm³/mol. The van der Waals surface area contributed by atoms with Crippen LogP contribution in [-0.4, -0.2) is 12.4 Å². The summed E-state index contributed by atoms with van der Waals surface area (Å²) in [5, 5.41) is 8.02. The molecule has 0 aromatic heterocycles. The van der Waals surface area contributed by atoms with Gasteiger partial charge in [-0.25, -0.2) is 0 Å². The topological polar surface area (TPSA) is 59.1 Å². The molecule has 1 aromatic carbocycles. The quantitative estimate of drug-likeness (QED) is 0.464. The molecule has 17 heavy (non-hydrogen) atoms. The second-order valence-corrected chi connectivity index (χ2v) is 4.88. The molecule has 0 amide bonds. The molecule has 1 aromatic rings. The third-order valence-corrected chi connectivity index (χ3v) is 2.65. The van der Waals surface area contributed by atoms with E-state index in [0.29, 0.717) is 28.9 Å². The van der Waals surface area contributed by atoms with E-state index in [0.717, 1.165) is 12.8 Å². The minimum atomic E-state index is -0.0219. The zero-order valence-electron chi connectivity index (χ0n) is 10.3. The number of nitrogen functional groups attached to an aromatic ring is 1. The zero-order chi connectivity index (χ0) is 12.8. The molecule has 0 aliphatic carbocycles. The molecule has 3 N–H and O–H groups in total. The van der Waals surface area contributed by atoms with E-state index in [1.807, 2.05) is 0 Å². The van der Waals surface area contributed by atoms with E-state index < -0.39 is 0 Å². The molecule has 94 valence electrons. The van der Waals surface area contributed by atoms with Crippen molar-refractivity contribution >= 4 is 17.4 Å². The molecule has 0 radical (unpaired) electrons. The van der Waals surface area contributed by atoms with Crippen LogP contribution in [0.2, 0.25) is 5.02 Å². The van der Waals surface area contributed by atoms with E-state index >= 15 is 0 Å². The molecular formula is C13H19ClN2O. The molecule has 4 heteroatoms. The second-order valence-electron chi connectivity index (χ2n) is 4.44. The van der Waals surface area contributed by atoms with Crippen molar-refractivity contribution in [2.24, 2.45) is 11.7 Å². The van der Waals surface area contributed by atoms with Gasteiger partial charge in [-0.3, -0.25) is 5.41 Å². The summed E-state index contributed by atoms with van der Waals surface area (Å²) in [7, 11) is 0. The van der Waals surface area contributed by atoms with Gasteiger partial charge in [-0.05, 0) is 37.0 Å². The van der Waals surface area contributed by atoms with Gasteiger partial charge in [0.2, 0.25) is 0 Å². The summed E-state index contributed by atoms with van der Waals surface area (Å²) in [6, 6.07) is 5.15. The van der Waals surface area contributed by atoms with Gasteiger partial charge >= 0.3 is 0 Å². The summed E-state index contributed by atoms with van der Waals surface area (Å²) in [6.07, 6.45) is 2.13. The van der Waals surface area contributed by atoms with Crippen LogP contribution in [0.15, 0.2) is 18.2 Å². The Bertz CT molecular complexity index is 391. The Hall–Kier alpha value is -1.22. The van der Waals surface area contributed by atoms with Crippen LogP contribution in [-0.2, 0) is 0 Å². The van der Waals surface area contributed by atoms with Gasteiger partial charge in [0.25, 0.3) is 0 Å². The molecule has 0 bridgehead atoms. The lowest BCUT2D eigenvalue weighted by Gasteiger charge is -2.11. The lowest BCUT2D eigenvalue weighted by atomic mass is 10.1. The van der Waals surface area contributed by atoms with Crippen LogP contribution in [0.5, 0.6) is 5.75 Å². The first-order valence-electron chi connectivity index (χ1n) is 5.77. The Morgan fingerprint density at radius 3 is 2.76 bits per heavy atom. The second kappa shape index (κ2) is 6.50. The van der Waals surface area contributed by atoms with E-state index in [1.165, 1.54) is 0 Å². The van der Waals surface area contributed by atoms with Crippen LogP contribution in [0, 0.1) is 11.3 Å². The van der Waals surface area contributed by atoms with Crippen LogP contribution in [0.1, 0.15) is 32.3 Å². The first kappa shape index (κ1) is 13.8. The van der Waals surface area contributed by atoms with Gasteiger partial charge in [-0.2, -0.15) is 0 Å². The summed E-state index contributed by atoms with van der Waals surface area (Å²) >= 11 is 5.86. The van der Waals surface area contributed by atoms with Crippen LogP contribution in [0.25, 0.3) is 0 Å². The summed E-state index contributed by atoms with van der Waals surface area (Å²) in [5.41, 5.74) is 6.04. The largest absolute Gasteiger partial charge is 0.493 e. The highest BCUT2D eigenvalue weighted by molar-refractivity contribution is 6.31. The number of halogens is 1. The number of rotatable bonds is 6. The summed E-state index contributed by atoms with van der Waals surface area (Å²) in [4.78, 5) is 0. The maximum Gasteiger partial charge on any atom is 0.130 e. The van der Waals surface area contributed by atoms with Gasteiger partial charge in [-0.15, -0.1) is 0 Å². The number of nitrogens with two attached hydrogens (primary N) is 1. The molecule has 0 unspecified atom stereocenters. The average Bonchev–Trinajstić information content (AvgIpc) is 2.25. The van der Waals surface area contributed by atoms with Crippen molar-refractivity contribution < 1.29 is 4.74 Å². The maximum absolute atomic E-state index is 7.46. The van der Waals surface area contributed by atoms with Gasteiger partial charge in [-0.1, -0.05) is 25.4 Å². The molecule has 0 atom stereocenters. The molecule has 0 spiro atoms. The Balaban J connectivity index is 2.61. The highest BCUT2D eigenvalue weighted by atomic mass is 35.5. The molecule has 0 fully saturated rings. The Labute approximate surface area is 107 Å². The van der Waals surface area contributed by atoms with Crippen LogP contribution < -0.4 is 10.5 Å². The van der Waals surface area contributed by atoms with Gasteiger partial charge in [0.05, 0.1) is 12.2 Å². The van der Waals surface area contributed by atoms with Crippen molar-refractivity contribution in [3.05, 3.63) is 28.8 Å². The van der Waals surface area contributed by atoms with Crippen molar-refractivity contribution in [2.75, 3.05) is 6.61 Å². The van der Waals surface area contributed by atoms with E-state index in [1.54, 1.807) is 18.2 Å². The summed E-state index contributed by atoms with van der Waals surface area (Å²) < 4.78 is 5.62. The van der Waals surface area contributed by atoms with Crippen molar-refractivity contribution in [1.82, 2.24) is 0 Å². The number of hydrogen-bond acceptors (Lipinski definition) is 2. The maximum atomic E-state index is 7.46. The lowest BCUT2D eigenvalue weighted by molar-refractivity contribution is 0.297. The van der Waals surface area contributed by atoms with E-state index in [9.17, 15) is 0 Å². The zero-order valence-corrected chi connectivity index (χ0v) is 11.1. The monoisotopic (exact) mass is 254 g/mol. The predicted octanol–water partition coefficient (Wildman–Crippen LogP) is 3.44. The molecule has 0 heterocycles. The Morgan fingerprint density at radius 1 is 1.47 bits per heavy atom. The third-order valence-electron chi connectivity index (χ3n) is 2.42. The highest BCUT2D eigenvalue weighted by Gasteiger charge is 2.07. The molecule has 0 aliphatic heterocycles. The number of amidine groups is 1. The molecule has 1 rings (SSSR count). The van der Waals surface area contributed by atoms with Crippen molar-refractivity contribution in [2.45, 2.75) is 26.7 Å². The minimum absolute atomic E-state index is 0.0219. The molecular weight excluding hydrogens is 236 g/mol. The van der Waals surface area contributed by atoms with E-state index in [2.05, 4.69) is 13.8 Å². The van der Waals surface area contributed by atoms with Crippen LogP contribution in [0.3, 0.4) is 0 Å². The van der Waals surface area contributed by atoms with Gasteiger partial charge in [0.1, 0.15) is 11.6 Å². The normalized spacial score (nSPS) is 10.6. The number of ether oxygens (including phenoxy) is 1. The summed E-state index contributed by atoms with van der Waals surface area (Å²) in [5.74, 6) is 1.29. The SMILES string of the molecule is CC(C)CCCOc1ccc(Cl)cc1C(=N)N. The lowest BCUT2D eigenvalue weighted by Crippen LogP contribution is -2.13. The number of hydrogen-bond donors (Lipinski definition) is 2. The summed E-state index contributed by atoms with van der Waals surface area (Å²) in [6.45, 7) is 5.01. The fourth-order valence-corrected chi connectivity index (χ4v) is 1.68. The van der Waals surface area contributed by atoms with Crippen LogP contribution >= 0.6 is 11.6 Å². The minimum Gasteiger partial charge on any atom is -0.493 e. The molecule has 0 saturated carbocycles. The van der Waals surface area contributed by atoms with Gasteiger partial charge in [0, 0.05) is 5.02 Å². The van der Waals surface area contributed by atoms with E-state index in [-0.39, 0.29) is 5.84 Å². The van der Waals surface area contributed by atoms with Crippen molar-refractivity contribution in [1.29, 1.82) is 5.41 Å². The first-order chi connectivity index (χ1) is 8.00. The van der Waals surface area contributed by atoms with Crippen molar-refractivity contribution in [3.63, 3.8) is 0 Å². The molecule has 0 aliphatic rings. The Morgan fingerprint density at radius 2 is 2.18 bits per heavy atom. The highest BCUT2D eigenvalue weighted by Crippen LogP contribution is 2.22. The fraction of sp³-hybridized carbons (Fsp3) is 0.462. The average molecular weight is 255 g/mol. The van der Waals surface area contributed by atoms with Crippen molar-refractivity contribution in [3.8, 4) is 5.75 Å². The van der Waals surface area contributed by atoms with Gasteiger partial charge in [0.15, 0.2) is 0 Å². The standard InChI is InChI=1S/C13H19ClN2O/c1-9(2)4-3-7-17-12-6-5-10(14)8-11(12)13(15)16/h5-6,8-9H,3-4,7H2,1-2H3,(H3,15,16). The smallest absolute Gasteiger partial charge is 0.130 e. The number of nitrogens with one attached hydrogen (secondary N) is 1. The number of benzene rings is 1. The molecule has 0 saturated heterocycles. The first-order valence-corrected chi connectivity index (χ1v) is 6.15. The van der Waals surface area contributed by atoms with Gasteiger partial charge < -0.3 is 10.5 Å². The van der Waals surface area contributed by atoms with E-state index in [4.69, 9.17) is 27.5 Å². The Kier molecular flexibility index (Phi) is 5.29. The fourth-order valence-electron chi connectivity index (χ4n) is 1.51. The van der Waals surface area contributed by atoms with Crippen LogP contribution in [0.4, 0.5) is 0 Å². The molecule has 3 nitrogen and oxygen atoms in total. The third kappa shape index (κ3) is 4.65.